The molecule has 0 aromatic carbocycles. The van der Waals surface area contributed by atoms with E-state index in [0.717, 1.165) is 11.1 Å². The van der Waals surface area contributed by atoms with Crippen molar-refractivity contribution < 1.29 is 4.74 Å². The summed E-state index contributed by atoms with van der Waals surface area (Å²) in [4.78, 5) is 7.78. The van der Waals surface area contributed by atoms with Crippen molar-refractivity contribution in [3.05, 3.63) is 29.3 Å². The lowest BCUT2D eigenvalue weighted by Crippen LogP contribution is -1.92. The third kappa shape index (κ3) is 1.33. The predicted octanol–water partition coefficient (Wildman–Crippen LogP) is 1.54. The normalized spacial score (nSPS) is 16.2. The molecule has 0 bridgehead atoms. The van der Waals surface area contributed by atoms with Crippen LogP contribution in [0.25, 0.3) is 5.57 Å². The molecule has 4 heteroatoms. The SMILES string of the molecule is Clc1ncncc1C1=CCOC1. The molecule has 12 heavy (non-hydrogen) atoms. The Kier molecular flexibility index (Phi) is 2.06. The third-order valence-electron chi connectivity index (χ3n) is 1.71. The highest BCUT2D eigenvalue weighted by Crippen LogP contribution is 2.23. The summed E-state index contributed by atoms with van der Waals surface area (Å²) in [6.45, 7) is 1.26. The number of halogens is 1. The summed E-state index contributed by atoms with van der Waals surface area (Å²) in [7, 11) is 0. The van der Waals surface area contributed by atoms with Gasteiger partial charge in [-0.3, -0.25) is 0 Å². The van der Waals surface area contributed by atoms with E-state index in [1.54, 1.807) is 6.20 Å². The average molecular weight is 183 g/mol. The zero-order valence-electron chi connectivity index (χ0n) is 6.33. The fourth-order valence-corrected chi connectivity index (χ4v) is 1.32. The molecule has 0 spiro atoms. The van der Waals surface area contributed by atoms with Gasteiger partial charge < -0.3 is 4.74 Å². The summed E-state index contributed by atoms with van der Waals surface area (Å²) in [5.74, 6) is 0. The smallest absolute Gasteiger partial charge is 0.139 e. The van der Waals surface area contributed by atoms with E-state index >= 15 is 0 Å². The summed E-state index contributed by atoms with van der Waals surface area (Å²) in [5, 5.41) is 0.488. The molecule has 0 saturated heterocycles. The minimum absolute atomic E-state index is 0.488. The highest BCUT2D eigenvalue weighted by molar-refractivity contribution is 6.31. The van der Waals surface area contributed by atoms with E-state index in [1.165, 1.54) is 6.33 Å². The monoisotopic (exact) mass is 182 g/mol. The first kappa shape index (κ1) is 7.71. The quantitative estimate of drug-likeness (QED) is 0.618. The number of aromatic nitrogens is 2. The number of hydrogen-bond acceptors (Lipinski definition) is 3. The maximum absolute atomic E-state index is 5.86. The molecule has 2 heterocycles. The second kappa shape index (κ2) is 3.21. The molecule has 1 aliphatic rings. The molecule has 0 N–H and O–H groups in total. The second-order valence-electron chi connectivity index (χ2n) is 2.47. The largest absolute Gasteiger partial charge is 0.373 e. The van der Waals surface area contributed by atoms with Gasteiger partial charge in [0.1, 0.15) is 11.5 Å². The van der Waals surface area contributed by atoms with Crippen LogP contribution in [0.2, 0.25) is 5.15 Å². The van der Waals surface area contributed by atoms with E-state index < -0.39 is 0 Å². The molecule has 3 nitrogen and oxygen atoms in total. The first-order valence-electron chi connectivity index (χ1n) is 3.60. The minimum atomic E-state index is 0.488. The first-order chi connectivity index (χ1) is 5.88. The molecule has 1 aromatic rings. The first-order valence-corrected chi connectivity index (χ1v) is 3.98. The van der Waals surface area contributed by atoms with Crippen LogP contribution >= 0.6 is 11.6 Å². The Balaban J connectivity index is 2.39. The summed E-state index contributed by atoms with van der Waals surface area (Å²) in [6.07, 6.45) is 5.13. The van der Waals surface area contributed by atoms with Crippen LogP contribution in [-0.2, 0) is 4.74 Å². The molecule has 2 rings (SSSR count). The molecule has 0 amide bonds. The van der Waals surface area contributed by atoms with Crippen molar-refractivity contribution in [2.45, 2.75) is 0 Å². The van der Waals surface area contributed by atoms with Crippen molar-refractivity contribution in [1.82, 2.24) is 9.97 Å². The minimum Gasteiger partial charge on any atom is -0.373 e. The molecule has 1 aromatic heterocycles. The number of nitrogens with zero attached hydrogens (tertiary/aromatic N) is 2. The van der Waals surface area contributed by atoms with Gasteiger partial charge in [0.05, 0.1) is 13.2 Å². The highest BCUT2D eigenvalue weighted by atomic mass is 35.5. The van der Waals surface area contributed by atoms with Crippen molar-refractivity contribution in [2.24, 2.45) is 0 Å². The molecule has 0 unspecified atom stereocenters. The maximum atomic E-state index is 5.86. The average Bonchev–Trinajstić information content (AvgIpc) is 2.57. The Hall–Kier alpha value is -0.930. The molecular weight excluding hydrogens is 176 g/mol. The van der Waals surface area contributed by atoms with Gasteiger partial charge in [0.25, 0.3) is 0 Å². The Bertz CT molecular complexity index is 325. The second-order valence-corrected chi connectivity index (χ2v) is 2.83. The van der Waals surface area contributed by atoms with Gasteiger partial charge in [-0.05, 0) is 5.57 Å². The van der Waals surface area contributed by atoms with Crippen molar-refractivity contribution >= 4 is 17.2 Å². The number of rotatable bonds is 1. The van der Waals surface area contributed by atoms with Gasteiger partial charge in [0.15, 0.2) is 0 Å². The summed E-state index contributed by atoms with van der Waals surface area (Å²) < 4.78 is 5.16. The van der Waals surface area contributed by atoms with Gasteiger partial charge in [0.2, 0.25) is 0 Å². The van der Waals surface area contributed by atoms with Crippen molar-refractivity contribution in [3.63, 3.8) is 0 Å². The number of hydrogen-bond donors (Lipinski definition) is 0. The Morgan fingerprint density at radius 1 is 1.50 bits per heavy atom. The molecule has 0 aliphatic carbocycles. The molecule has 62 valence electrons. The zero-order chi connectivity index (χ0) is 8.39. The fourth-order valence-electron chi connectivity index (χ4n) is 1.11. The Morgan fingerprint density at radius 3 is 3.08 bits per heavy atom. The Labute approximate surface area is 75.1 Å². The molecule has 0 atom stereocenters. The predicted molar refractivity (Wildman–Crippen MR) is 45.8 cm³/mol. The molecular formula is C8H7ClN2O. The van der Waals surface area contributed by atoms with Crippen molar-refractivity contribution in [2.75, 3.05) is 13.2 Å². The zero-order valence-corrected chi connectivity index (χ0v) is 7.08. The van der Waals surface area contributed by atoms with Crippen LogP contribution in [0.1, 0.15) is 5.56 Å². The Morgan fingerprint density at radius 2 is 2.42 bits per heavy atom. The van der Waals surface area contributed by atoms with E-state index in [2.05, 4.69) is 9.97 Å². The molecule has 0 radical (unpaired) electrons. The van der Waals surface area contributed by atoms with Gasteiger partial charge in [0, 0.05) is 11.8 Å². The van der Waals surface area contributed by atoms with Gasteiger partial charge >= 0.3 is 0 Å². The summed E-state index contributed by atoms with van der Waals surface area (Å²) in [5.41, 5.74) is 1.94. The van der Waals surface area contributed by atoms with E-state index in [-0.39, 0.29) is 0 Å². The lowest BCUT2D eigenvalue weighted by Gasteiger charge is -2.00. The number of ether oxygens (including phenoxy) is 1. The lowest BCUT2D eigenvalue weighted by atomic mass is 10.1. The van der Waals surface area contributed by atoms with Crippen LogP contribution in [0.4, 0.5) is 0 Å². The highest BCUT2D eigenvalue weighted by Gasteiger charge is 2.11. The van der Waals surface area contributed by atoms with Gasteiger partial charge in [-0.2, -0.15) is 0 Å². The van der Waals surface area contributed by atoms with Gasteiger partial charge in [-0.25, -0.2) is 9.97 Å². The summed E-state index contributed by atoms with van der Waals surface area (Å²) in [6, 6.07) is 0. The van der Waals surface area contributed by atoms with Crippen LogP contribution in [0.5, 0.6) is 0 Å². The van der Waals surface area contributed by atoms with Gasteiger partial charge in [-0.1, -0.05) is 17.7 Å². The van der Waals surface area contributed by atoms with E-state index in [4.69, 9.17) is 16.3 Å². The third-order valence-corrected chi connectivity index (χ3v) is 2.02. The van der Waals surface area contributed by atoms with Crippen LogP contribution in [-0.4, -0.2) is 23.2 Å². The standard InChI is InChI=1S/C8H7ClN2O/c9-8-7(3-10-5-11-8)6-1-2-12-4-6/h1,3,5H,2,4H2. The molecule has 0 fully saturated rings. The van der Waals surface area contributed by atoms with Crippen molar-refractivity contribution in [1.29, 1.82) is 0 Å². The fraction of sp³-hybridized carbons (Fsp3) is 0.250. The lowest BCUT2D eigenvalue weighted by molar-refractivity contribution is 0.216. The van der Waals surface area contributed by atoms with E-state index in [9.17, 15) is 0 Å². The van der Waals surface area contributed by atoms with Crippen LogP contribution in [0.3, 0.4) is 0 Å². The maximum Gasteiger partial charge on any atom is 0.139 e. The van der Waals surface area contributed by atoms with Crippen molar-refractivity contribution in [3.8, 4) is 0 Å². The molecule has 1 aliphatic heterocycles. The summed E-state index contributed by atoms with van der Waals surface area (Å²) >= 11 is 5.86. The molecule has 0 saturated carbocycles. The van der Waals surface area contributed by atoms with Crippen LogP contribution in [0.15, 0.2) is 18.6 Å². The van der Waals surface area contributed by atoms with E-state index in [1.807, 2.05) is 6.08 Å². The van der Waals surface area contributed by atoms with Crippen LogP contribution in [0, 0.1) is 0 Å². The topological polar surface area (TPSA) is 35.0 Å². The van der Waals surface area contributed by atoms with E-state index in [0.29, 0.717) is 18.4 Å². The van der Waals surface area contributed by atoms with Crippen LogP contribution < -0.4 is 0 Å². The van der Waals surface area contributed by atoms with Gasteiger partial charge in [-0.15, -0.1) is 0 Å².